The van der Waals surface area contributed by atoms with Gasteiger partial charge in [0.15, 0.2) is 5.96 Å². The van der Waals surface area contributed by atoms with Crippen molar-refractivity contribution in [2.75, 3.05) is 33.2 Å². The molecule has 8 heteroatoms. The van der Waals surface area contributed by atoms with Crippen molar-refractivity contribution in [3.05, 3.63) is 35.9 Å². The van der Waals surface area contributed by atoms with Crippen LogP contribution in [0.4, 0.5) is 13.2 Å². The highest BCUT2D eigenvalue weighted by Crippen LogP contribution is 2.20. The van der Waals surface area contributed by atoms with Crippen molar-refractivity contribution in [2.24, 2.45) is 4.99 Å². The van der Waals surface area contributed by atoms with E-state index >= 15 is 0 Å². The minimum Gasteiger partial charge on any atom is -0.356 e. The van der Waals surface area contributed by atoms with Crippen molar-refractivity contribution in [3.8, 4) is 0 Å². The third-order valence-corrected chi connectivity index (χ3v) is 4.18. The highest BCUT2D eigenvalue weighted by atomic mass is 127. The lowest BCUT2D eigenvalue weighted by atomic mass is 10.0. The first-order valence-electron chi connectivity index (χ1n) is 8.18. The number of guanidine groups is 1. The third kappa shape index (κ3) is 7.81. The fourth-order valence-corrected chi connectivity index (χ4v) is 2.88. The monoisotopic (exact) mass is 470 g/mol. The highest BCUT2D eigenvalue weighted by Gasteiger charge is 2.34. The first-order valence-corrected chi connectivity index (χ1v) is 8.18. The summed E-state index contributed by atoms with van der Waals surface area (Å²) in [5.74, 6) is 0.951. The fraction of sp³-hybridized carbons (Fsp3) is 0.588. The first-order chi connectivity index (χ1) is 11.4. The predicted octanol–water partition coefficient (Wildman–Crippen LogP) is 3.21. The van der Waals surface area contributed by atoms with Crippen LogP contribution in [0.5, 0.6) is 0 Å². The first kappa shape index (κ1) is 22.0. The van der Waals surface area contributed by atoms with Gasteiger partial charge in [0.25, 0.3) is 0 Å². The van der Waals surface area contributed by atoms with Gasteiger partial charge >= 0.3 is 6.18 Å². The van der Waals surface area contributed by atoms with Crippen LogP contribution in [0.25, 0.3) is 0 Å². The van der Waals surface area contributed by atoms with Gasteiger partial charge in [0.1, 0.15) is 0 Å². The summed E-state index contributed by atoms with van der Waals surface area (Å²) < 4.78 is 37.3. The van der Waals surface area contributed by atoms with E-state index in [1.54, 1.807) is 7.05 Å². The zero-order valence-corrected chi connectivity index (χ0v) is 16.8. The number of benzene rings is 1. The van der Waals surface area contributed by atoms with Gasteiger partial charge in [-0.25, -0.2) is 0 Å². The van der Waals surface area contributed by atoms with E-state index in [0.717, 1.165) is 0 Å². The molecule has 0 aliphatic carbocycles. The molecule has 0 spiro atoms. The normalized spacial score (nSPS) is 20.0. The van der Waals surface area contributed by atoms with E-state index in [4.69, 9.17) is 0 Å². The van der Waals surface area contributed by atoms with Crippen molar-refractivity contribution < 1.29 is 13.2 Å². The van der Waals surface area contributed by atoms with Gasteiger partial charge in [-0.05, 0) is 17.9 Å². The average molecular weight is 470 g/mol. The van der Waals surface area contributed by atoms with Crippen LogP contribution in [0.15, 0.2) is 35.3 Å². The second-order valence-corrected chi connectivity index (χ2v) is 6.25. The summed E-state index contributed by atoms with van der Waals surface area (Å²) in [6.45, 7) is 2.82. The minimum absolute atomic E-state index is 0. The number of nitrogens with zero attached hydrogens (tertiary/aromatic N) is 2. The summed E-state index contributed by atoms with van der Waals surface area (Å²) in [7, 11) is 1.67. The standard InChI is InChI=1S/C17H25F3N4.HI/c1-13(14-6-4-3-5-7-14)10-22-16(21-2)23-15-8-9-24(11-15)12-17(18,19)20;/h3-7,13,15H,8-12H2,1-2H3,(H2,21,22,23);1H. The molecule has 2 rings (SSSR count). The molecule has 0 bridgehead atoms. The molecular weight excluding hydrogens is 444 g/mol. The predicted molar refractivity (Wildman–Crippen MR) is 106 cm³/mol. The van der Waals surface area contributed by atoms with Crippen LogP contribution in [-0.4, -0.2) is 56.3 Å². The second-order valence-electron chi connectivity index (χ2n) is 6.25. The number of hydrogen-bond donors (Lipinski definition) is 2. The van der Waals surface area contributed by atoms with Crippen molar-refractivity contribution in [3.63, 3.8) is 0 Å². The van der Waals surface area contributed by atoms with Gasteiger partial charge in [0.05, 0.1) is 6.54 Å². The van der Waals surface area contributed by atoms with Crippen LogP contribution in [0.3, 0.4) is 0 Å². The average Bonchev–Trinajstić information content (AvgIpc) is 2.96. The Balaban J connectivity index is 0.00000312. The molecule has 2 atom stereocenters. The van der Waals surface area contributed by atoms with Gasteiger partial charge in [0.2, 0.25) is 0 Å². The SMILES string of the molecule is CN=C(NCC(C)c1ccccc1)NC1CCN(CC(F)(F)F)C1.I. The summed E-state index contributed by atoms with van der Waals surface area (Å²) in [5, 5.41) is 6.47. The molecular formula is C17H26F3IN4. The number of hydrogen-bond acceptors (Lipinski definition) is 2. The summed E-state index contributed by atoms with van der Waals surface area (Å²) in [5.41, 5.74) is 1.23. The van der Waals surface area contributed by atoms with Crippen molar-refractivity contribution in [2.45, 2.75) is 31.5 Å². The fourth-order valence-electron chi connectivity index (χ4n) is 2.88. The zero-order chi connectivity index (χ0) is 17.6. The molecule has 1 fully saturated rings. The lowest BCUT2D eigenvalue weighted by Gasteiger charge is -2.21. The Morgan fingerprint density at radius 1 is 1.32 bits per heavy atom. The Kier molecular flexibility index (Phi) is 8.98. The summed E-state index contributed by atoms with van der Waals surface area (Å²) >= 11 is 0. The van der Waals surface area contributed by atoms with Crippen LogP contribution < -0.4 is 10.6 Å². The van der Waals surface area contributed by atoms with Gasteiger partial charge in [-0.1, -0.05) is 37.3 Å². The molecule has 0 amide bonds. The van der Waals surface area contributed by atoms with Crippen molar-refractivity contribution in [1.82, 2.24) is 15.5 Å². The van der Waals surface area contributed by atoms with E-state index in [9.17, 15) is 13.2 Å². The molecule has 4 nitrogen and oxygen atoms in total. The summed E-state index contributed by atoms with van der Waals surface area (Å²) in [4.78, 5) is 5.60. The second kappa shape index (κ2) is 10.2. The Morgan fingerprint density at radius 3 is 2.60 bits per heavy atom. The Labute approximate surface area is 164 Å². The summed E-state index contributed by atoms with van der Waals surface area (Å²) in [6.07, 6.45) is -3.45. The van der Waals surface area contributed by atoms with Crippen molar-refractivity contribution >= 4 is 29.9 Å². The molecule has 2 unspecified atom stereocenters. The molecule has 25 heavy (non-hydrogen) atoms. The van der Waals surface area contributed by atoms with E-state index in [1.807, 2.05) is 18.2 Å². The van der Waals surface area contributed by atoms with E-state index < -0.39 is 12.7 Å². The minimum atomic E-state index is -4.14. The quantitative estimate of drug-likeness (QED) is 0.395. The largest absolute Gasteiger partial charge is 0.401 e. The Bertz CT molecular complexity index is 536. The molecule has 0 aromatic heterocycles. The molecule has 0 radical (unpaired) electrons. The van der Waals surface area contributed by atoms with Crippen molar-refractivity contribution in [1.29, 1.82) is 0 Å². The number of likely N-dealkylation sites (tertiary alicyclic amines) is 1. The zero-order valence-electron chi connectivity index (χ0n) is 14.5. The number of halogens is 4. The molecule has 1 saturated heterocycles. The van der Waals surface area contributed by atoms with Gasteiger partial charge < -0.3 is 10.6 Å². The third-order valence-electron chi connectivity index (χ3n) is 4.18. The molecule has 1 aromatic rings. The lowest BCUT2D eigenvalue weighted by molar-refractivity contribution is -0.143. The van der Waals surface area contributed by atoms with Gasteiger partial charge in [-0.2, -0.15) is 13.2 Å². The van der Waals surface area contributed by atoms with Gasteiger partial charge in [-0.3, -0.25) is 9.89 Å². The number of nitrogens with one attached hydrogen (secondary N) is 2. The Hall–Kier alpha value is -1.03. The van der Waals surface area contributed by atoms with Crippen LogP contribution in [0.2, 0.25) is 0 Å². The van der Waals surface area contributed by atoms with E-state index in [1.165, 1.54) is 10.5 Å². The maximum absolute atomic E-state index is 12.4. The maximum Gasteiger partial charge on any atom is 0.401 e. The molecule has 142 valence electrons. The number of alkyl halides is 3. The van der Waals surface area contributed by atoms with Crippen LogP contribution in [0, 0.1) is 0 Å². The number of rotatable bonds is 5. The van der Waals surface area contributed by atoms with E-state index in [2.05, 4.69) is 34.7 Å². The summed E-state index contributed by atoms with van der Waals surface area (Å²) in [6, 6.07) is 10.1. The Morgan fingerprint density at radius 2 is 2.00 bits per heavy atom. The maximum atomic E-state index is 12.4. The van der Waals surface area contributed by atoms with E-state index in [0.29, 0.717) is 37.9 Å². The molecule has 1 aliphatic rings. The molecule has 1 aliphatic heterocycles. The van der Waals surface area contributed by atoms with Crippen LogP contribution in [0.1, 0.15) is 24.8 Å². The number of aliphatic imine (C=N–C) groups is 1. The molecule has 0 saturated carbocycles. The van der Waals surface area contributed by atoms with E-state index in [-0.39, 0.29) is 30.0 Å². The van der Waals surface area contributed by atoms with Crippen LogP contribution >= 0.6 is 24.0 Å². The van der Waals surface area contributed by atoms with Crippen LogP contribution in [-0.2, 0) is 0 Å². The highest BCUT2D eigenvalue weighted by molar-refractivity contribution is 14.0. The topological polar surface area (TPSA) is 39.7 Å². The lowest BCUT2D eigenvalue weighted by Crippen LogP contribution is -2.46. The van der Waals surface area contributed by atoms with Gasteiger partial charge in [-0.15, -0.1) is 24.0 Å². The molecule has 2 N–H and O–H groups in total. The molecule has 1 heterocycles. The smallest absolute Gasteiger partial charge is 0.356 e. The molecule has 1 aromatic carbocycles. The van der Waals surface area contributed by atoms with Gasteiger partial charge in [0, 0.05) is 32.7 Å².